The van der Waals surface area contributed by atoms with Crippen LogP contribution in [0.3, 0.4) is 0 Å². The molecule has 170 valence electrons. The summed E-state index contributed by atoms with van der Waals surface area (Å²) >= 11 is 0. The number of carbonyl (C=O) groups is 2. The highest BCUT2D eigenvalue weighted by Gasteiger charge is 2.25. The molecule has 0 radical (unpaired) electrons. The third-order valence-corrected chi connectivity index (χ3v) is 6.39. The molecule has 0 atom stereocenters. The van der Waals surface area contributed by atoms with Gasteiger partial charge in [-0.05, 0) is 68.4 Å². The molecule has 2 heterocycles. The average Bonchev–Trinajstić information content (AvgIpc) is 2.84. The van der Waals surface area contributed by atoms with Crippen molar-refractivity contribution in [1.82, 2.24) is 4.90 Å². The highest BCUT2D eigenvalue weighted by Crippen LogP contribution is 2.30. The highest BCUT2D eigenvalue weighted by molar-refractivity contribution is 6.02. The van der Waals surface area contributed by atoms with Crippen LogP contribution in [0, 0.1) is 5.92 Å². The monoisotopic (exact) mass is 435 g/mol. The fraction of sp³-hybridized carbons (Fsp3) is 0.462. The van der Waals surface area contributed by atoms with Crippen LogP contribution in [0.2, 0.25) is 0 Å². The number of anilines is 2. The van der Waals surface area contributed by atoms with Crippen molar-refractivity contribution in [2.45, 2.75) is 39.0 Å². The zero-order valence-electron chi connectivity index (χ0n) is 18.9. The molecule has 4 rings (SSSR count). The number of carbonyl (C=O) groups excluding carboxylic acids is 2. The van der Waals surface area contributed by atoms with Crippen LogP contribution in [0.25, 0.3) is 0 Å². The summed E-state index contributed by atoms with van der Waals surface area (Å²) in [7, 11) is 0. The first-order valence-corrected chi connectivity index (χ1v) is 11.8. The number of benzene rings is 2. The molecule has 0 saturated carbocycles. The predicted molar refractivity (Wildman–Crippen MR) is 127 cm³/mol. The van der Waals surface area contributed by atoms with E-state index in [-0.39, 0.29) is 18.4 Å². The smallest absolute Gasteiger partial charge is 0.262 e. The van der Waals surface area contributed by atoms with Gasteiger partial charge in [-0.25, -0.2) is 0 Å². The number of amides is 2. The number of para-hydroxylation sites is 1. The van der Waals surface area contributed by atoms with Crippen molar-refractivity contribution in [3.05, 3.63) is 54.1 Å². The molecule has 2 saturated heterocycles. The van der Waals surface area contributed by atoms with Gasteiger partial charge in [0.1, 0.15) is 5.75 Å². The number of likely N-dealkylation sites (tertiary alicyclic amines) is 1. The summed E-state index contributed by atoms with van der Waals surface area (Å²) in [4.78, 5) is 30.2. The van der Waals surface area contributed by atoms with Crippen LogP contribution >= 0.6 is 0 Å². The Kier molecular flexibility index (Phi) is 7.30. The summed E-state index contributed by atoms with van der Waals surface area (Å²) in [6, 6.07) is 15.0. The Morgan fingerprint density at radius 1 is 0.969 bits per heavy atom. The van der Waals surface area contributed by atoms with E-state index in [1.165, 1.54) is 6.42 Å². The van der Waals surface area contributed by atoms with Gasteiger partial charge in [0, 0.05) is 37.6 Å². The molecule has 32 heavy (non-hydrogen) atoms. The Bertz CT molecular complexity index is 917. The molecule has 0 unspecified atom stereocenters. The van der Waals surface area contributed by atoms with Crippen LogP contribution < -0.4 is 15.0 Å². The van der Waals surface area contributed by atoms with Crippen LogP contribution in [0.15, 0.2) is 48.5 Å². The summed E-state index contributed by atoms with van der Waals surface area (Å²) < 4.78 is 5.55. The van der Waals surface area contributed by atoms with Gasteiger partial charge >= 0.3 is 0 Å². The first kappa shape index (κ1) is 22.2. The molecule has 0 aliphatic carbocycles. The van der Waals surface area contributed by atoms with Gasteiger partial charge in [-0.2, -0.15) is 0 Å². The van der Waals surface area contributed by atoms with Gasteiger partial charge < -0.3 is 19.9 Å². The minimum absolute atomic E-state index is 0.0648. The molecule has 0 spiro atoms. The number of rotatable bonds is 6. The van der Waals surface area contributed by atoms with Gasteiger partial charge in [-0.1, -0.05) is 25.1 Å². The lowest BCUT2D eigenvalue weighted by atomic mass is 9.97. The van der Waals surface area contributed by atoms with Crippen molar-refractivity contribution < 1.29 is 14.3 Å². The quantitative estimate of drug-likeness (QED) is 0.722. The van der Waals surface area contributed by atoms with Gasteiger partial charge in [-0.15, -0.1) is 0 Å². The zero-order valence-corrected chi connectivity index (χ0v) is 18.9. The second-order valence-corrected chi connectivity index (χ2v) is 8.90. The third kappa shape index (κ3) is 5.61. The largest absolute Gasteiger partial charge is 0.484 e. The Hall–Kier alpha value is -3.02. The number of ether oxygens (including phenoxy) is 1. The minimum Gasteiger partial charge on any atom is -0.484 e. The number of hydrogen-bond donors (Lipinski definition) is 1. The number of nitrogens with one attached hydrogen (secondary N) is 1. The Morgan fingerprint density at radius 2 is 1.69 bits per heavy atom. The van der Waals surface area contributed by atoms with Crippen molar-refractivity contribution >= 4 is 23.2 Å². The maximum absolute atomic E-state index is 13.4. The molecule has 6 nitrogen and oxygen atoms in total. The normalized spacial score (nSPS) is 17.2. The topological polar surface area (TPSA) is 61.9 Å². The second kappa shape index (κ2) is 10.5. The fourth-order valence-corrected chi connectivity index (χ4v) is 4.44. The fourth-order valence-electron chi connectivity index (χ4n) is 4.44. The lowest BCUT2D eigenvalue weighted by molar-refractivity contribution is -0.118. The molecular weight excluding hydrogens is 402 g/mol. The molecule has 1 N–H and O–H groups in total. The zero-order chi connectivity index (χ0) is 22.3. The van der Waals surface area contributed by atoms with Crippen molar-refractivity contribution in [3.63, 3.8) is 0 Å². The first-order valence-electron chi connectivity index (χ1n) is 11.8. The summed E-state index contributed by atoms with van der Waals surface area (Å²) in [6.07, 6.45) is 5.54. The van der Waals surface area contributed by atoms with Gasteiger partial charge in [0.25, 0.3) is 11.8 Å². The van der Waals surface area contributed by atoms with E-state index in [0.29, 0.717) is 17.0 Å². The van der Waals surface area contributed by atoms with E-state index < -0.39 is 0 Å². The van der Waals surface area contributed by atoms with Gasteiger partial charge in [0.15, 0.2) is 6.61 Å². The average molecular weight is 436 g/mol. The standard InChI is InChI=1S/C26H33N3O3/c1-20-12-16-28(17-13-20)24-11-10-21(18-23(24)26(31)29-14-6-3-7-15-29)27-25(30)19-32-22-8-4-2-5-9-22/h2,4-5,8-11,18,20H,3,6-7,12-17,19H2,1H3,(H,27,30). The Morgan fingerprint density at radius 3 is 2.41 bits per heavy atom. The number of piperidine rings is 2. The predicted octanol–water partition coefficient (Wildman–Crippen LogP) is 4.57. The van der Waals surface area contributed by atoms with Gasteiger partial charge in [-0.3, -0.25) is 9.59 Å². The highest BCUT2D eigenvalue weighted by atomic mass is 16.5. The summed E-state index contributed by atoms with van der Waals surface area (Å²) in [6.45, 7) is 5.72. The second-order valence-electron chi connectivity index (χ2n) is 8.90. The van der Waals surface area contributed by atoms with E-state index >= 15 is 0 Å². The van der Waals surface area contributed by atoms with E-state index in [1.807, 2.05) is 53.4 Å². The van der Waals surface area contributed by atoms with Crippen LogP contribution in [0.4, 0.5) is 11.4 Å². The van der Waals surface area contributed by atoms with Crippen molar-refractivity contribution in [2.24, 2.45) is 5.92 Å². The molecule has 2 aliphatic rings. The summed E-state index contributed by atoms with van der Waals surface area (Å²) in [5.41, 5.74) is 2.29. The molecule has 2 fully saturated rings. The van der Waals surface area contributed by atoms with Crippen LogP contribution in [0.1, 0.15) is 49.4 Å². The Balaban J connectivity index is 1.50. The molecule has 6 heteroatoms. The molecule has 2 aromatic carbocycles. The third-order valence-electron chi connectivity index (χ3n) is 6.39. The van der Waals surface area contributed by atoms with Crippen LogP contribution in [0.5, 0.6) is 5.75 Å². The summed E-state index contributed by atoms with van der Waals surface area (Å²) in [5, 5.41) is 2.89. The van der Waals surface area contributed by atoms with Crippen molar-refractivity contribution in [2.75, 3.05) is 43.0 Å². The van der Waals surface area contributed by atoms with Crippen molar-refractivity contribution in [1.29, 1.82) is 0 Å². The molecular formula is C26H33N3O3. The molecule has 0 aromatic heterocycles. The molecule has 0 bridgehead atoms. The molecule has 2 aliphatic heterocycles. The van der Waals surface area contributed by atoms with E-state index in [1.54, 1.807) is 0 Å². The van der Waals surface area contributed by atoms with Crippen LogP contribution in [-0.4, -0.2) is 49.5 Å². The minimum atomic E-state index is -0.246. The summed E-state index contributed by atoms with van der Waals surface area (Å²) in [5.74, 6) is 1.19. The number of nitrogens with zero attached hydrogens (tertiary/aromatic N) is 2. The first-order chi connectivity index (χ1) is 15.6. The maximum atomic E-state index is 13.4. The van der Waals surface area contributed by atoms with E-state index in [4.69, 9.17) is 4.74 Å². The SMILES string of the molecule is CC1CCN(c2ccc(NC(=O)COc3ccccc3)cc2C(=O)N2CCCCC2)CC1. The molecule has 2 aromatic rings. The van der Waals surface area contributed by atoms with Gasteiger partial charge in [0.2, 0.25) is 0 Å². The van der Waals surface area contributed by atoms with E-state index in [9.17, 15) is 9.59 Å². The lowest BCUT2D eigenvalue weighted by Crippen LogP contribution is -2.38. The van der Waals surface area contributed by atoms with E-state index in [2.05, 4.69) is 17.1 Å². The van der Waals surface area contributed by atoms with Crippen molar-refractivity contribution in [3.8, 4) is 5.75 Å². The van der Waals surface area contributed by atoms with Crippen LogP contribution in [-0.2, 0) is 4.79 Å². The van der Waals surface area contributed by atoms with E-state index in [0.717, 1.165) is 63.5 Å². The molecule has 2 amide bonds. The lowest BCUT2D eigenvalue weighted by Gasteiger charge is -2.35. The maximum Gasteiger partial charge on any atom is 0.262 e. The number of hydrogen-bond acceptors (Lipinski definition) is 4. The van der Waals surface area contributed by atoms with Gasteiger partial charge in [0.05, 0.1) is 5.56 Å². The Labute approximate surface area is 190 Å².